The van der Waals surface area contributed by atoms with Gasteiger partial charge in [0.2, 0.25) is 11.8 Å². The molecule has 240 valence electrons. The maximum absolute atomic E-state index is 15.0. The van der Waals surface area contributed by atoms with Gasteiger partial charge in [-0.1, -0.05) is 11.3 Å². The minimum absolute atomic E-state index is 0. The summed E-state index contributed by atoms with van der Waals surface area (Å²) in [4.78, 5) is 39.8. The van der Waals surface area contributed by atoms with Crippen molar-refractivity contribution < 1.29 is 18.3 Å². The van der Waals surface area contributed by atoms with Gasteiger partial charge in [-0.15, -0.1) is 17.5 Å². The molecule has 5 heterocycles. The number of furan rings is 1. The number of amides is 1. The van der Waals surface area contributed by atoms with E-state index in [9.17, 15) is 9.59 Å². The Balaban J connectivity index is 0.00000400. The molecule has 1 aromatic carbocycles. The predicted octanol–water partition coefficient (Wildman–Crippen LogP) is 1.78. The molecule has 1 fully saturated rings. The number of piperazine rings is 1. The average Bonchev–Trinajstić information content (AvgIpc) is 3.78. The summed E-state index contributed by atoms with van der Waals surface area (Å²) in [6.07, 6.45) is 1.54. The van der Waals surface area contributed by atoms with Crippen molar-refractivity contribution >= 4 is 57.3 Å². The van der Waals surface area contributed by atoms with Crippen LogP contribution < -0.4 is 25.6 Å². The zero-order valence-corrected chi connectivity index (χ0v) is 26.4. The normalized spacial score (nSPS) is 13.8. The number of carbonyl (C=O) groups is 1. The number of hydrogen-bond acceptors (Lipinski definition) is 12. The van der Waals surface area contributed by atoms with Gasteiger partial charge in [-0.3, -0.25) is 19.1 Å². The first-order valence-electron chi connectivity index (χ1n) is 14.2. The number of fused-ring (bicyclic) bond motifs is 3. The highest BCUT2D eigenvalue weighted by atomic mass is 35.5. The Morgan fingerprint density at radius 3 is 2.69 bits per heavy atom. The molecule has 14 nitrogen and oxygen atoms in total. The van der Waals surface area contributed by atoms with Gasteiger partial charge in [0.25, 0.3) is 5.91 Å². The fourth-order valence-corrected chi connectivity index (χ4v) is 6.02. The SMILES string of the molecule is CNCCN(C)C(=O)COc1ccc(N2CCN(CCn3c(=O)sc4c3nc(N)n3nc(-c5ccco5)nc43)CC2)c(F)c1.Cl. The summed E-state index contributed by atoms with van der Waals surface area (Å²) in [5, 5.41) is 7.38. The summed E-state index contributed by atoms with van der Waals surface area (Å²) in [6.45, 7) is 4.74. The lowest BCUT2D eigenvalue weighted by Crippen LogP contribution is -2.47. The van der Waals surface area contributed by atoms with Crippen LogP contribution in [-0.4, -0.2) is 106 Å². The average molecular weight is 661 g/mol. The molecule has 5 aromatic rings. The summed E-state index contributed by atoms with van der Waals surface area (Å²) in [7, 11) is 3.52. The Kier molecular flexibility index (Phi) is 9.86. The summed E-state index contributed by atoms with van der Waals surface area (Å²) < 4.78 is 29.6. The Bertz CT molecular complexity index is 1830. The molecule has 1 aliphatic heterocycles. The number of nitrogens with one attached hydrogen (secondary N) is 1. The number of hydrogen-bond donors (Lipinski definition) is 2. The number of nitrogens with two attached hydrogens (primary N) is 1. The number of rotatable bonds is 11. The minimum Gasteiger partial charge on any atom is -0.484 e. The molecule has 45 heavy (non-hydrogen) atoms. The molecule has 6 rings (SSSR count). The van der Waals surface area contributed by atoms with Gasteiger partial charge in [-0.25, -0.2) is 9.37 Å². The highest BCUT2D eigenvalue weighted by Crippen LogP contribution is 2.27. The molecule has 0 radical (unpaired) electrons. The third-order valence-electron chi connectivity index (χ3n) is 7.62. The number of nitrogens with zero attached hydrogens (tertiary/aromatic N) is 8. The van der Waals surface area contributed by atoms with Crippen LogP contribution in [0.4, 0.5) is 16.0 Å². The number of anilines is 2. The van der Waals surface area contributed by atoms with E-state index >= 15 is 4.39 Å². The first-order chi connectivity index (χ1) is 21.3. The zero-order valence-electron chi connectivity index (χ0n) is 24.8. The molecule has 1 saturated heterocycles. The molecule has 0 unspecified atom stereocenters. The number of thiazole rings is 1. The van der Waals surface area contributed by atoms with Crippen molar-refractivity contribution in [3.8, 4) is 17.3 Å². The smallest absolute Gasteiger partial charge is 0.309 e. The Labute approximate surface area is 267 Å². The first kappa shape index (κ1) is 32.2. The van der Waals surface area contributed by atoms with Crippen LogP contribution in [0.15, 0.2) is 45.8 Å². The number of likely N-dealkylation sites (N-methyl/N-ethyl adjacent to an activating group) is 2. The number of nitrogen functional groups attached to an aromatic ring is 1. The van der Waals surface area contributed by atoms with Gasteiger partial charge >= 0.3 is 4.87 Å². The van der Waals surface area contributed by atoms with E-state index in [1.54, 1.807) is 40.8 Å². The molecule has 3 N–H and O–H groups in total. The molecule has 1 amide bonds. The van der Waals surface area contributed by atoms with Crippen molar-refractivity contribution in [3.05, 3.63) is 52.1 Å². The van der Waals surface area contributed by atoms with Crippen molar-refractivity contribution in [2.24, 2.45) is 0 Å². The van der Waals surface area contributed by atoms with Crippen LogP contribution in [0.2, 0.25) is 0 Å². The fourth-order valence-electron chi connectivity index (χ4n) is 5.08. The van der Waals surface area contributed by atoms with E-state index in [1.807, 2.05) is 11.9 Å². The number of carbonyl (C=O) groups excluding carboxylic acids is 1. The van der Waals surface area contributed by atoms with Crippen LogP contribution in [0.25, 0.3) is 27.6 Å². The van der Waals surface area contributed by atoms with E-state index in [0.29, 0.717) is 91.4 Å². The number of benzene rings is 1. The minimum atomic E-state index is -0.401. The van der Waals surface area contributed by atoms with Crippen molar-refractivity contribution in [1.29, 1.82) is 0 Å². The standard InChI is InChI=1S/C28H33FN10O4S.ClH/c1-31-7-8-35(2)22(40)17-43-18-5-6-20(19(29)16-18)37-12-9-36(10-13-37)11-14-38-25-23(44-28(38)41)26-32-24(21-4-3-15-42-21)34-39(26)27(30)33-25;/h3-6,15-16,31H,7-14,17H2,1-2H3,(H2,30,33);1H. The third-order valence-corrected chi connectivity index (χ3v) is 8.58. The molecule has 0 saturated carbocycles. The molecule has 4 aromatic heterocycles. The molecule has 0 bridgehead atoms. The summed E-state index contributed by atoms with van der Waals surface area (Å²) in [5.41, 5.74) is 7.60. The lowest BCUT2D eigenvalue weighted by atomic mass is 10.2. The molecule has 0 spiro atoms. The Morgan fingerprint density at radius 1 is 1.18 bits per heavy atom. The van der Waals surface area contributed by atoms with Crippen molar-refractivity contribution in [1.82, 2.24) is 39.3 Å². The van der Waals surface area contributed by atoms with Crippen LogP contribution in [0.3, 0.4) is 0 Å². The van der Waals surface area contributed by atoms with Crippen molar-refractivity contribution in [3.63, 3.8) is 0 Å². The zero-order chi connectivity index (χ0) is 30.8. The van der Waals surface area contributed by atoms with E-state index < -0.39 is 5.82 Å². The van der Waals surface area contributed by atoms with Crippen LogP contribution >= 0.6 is 23.7 Å². The van der Waals surface area contributed by atoms with Crippen LogP contribution in [0.5, 0.6) is 5.75 Å². The highest BCUT2D eigenvalue weighted by molar-refractivity contribution is 7.17. The lowest BCUT2D eigenvalue weighted by Gasteiger charge is -2.36. The van der Waals surface area contributed by atoms with Gasteiger partial charge in [0.1, 0.15) is 16.3 Å². The summed E-state index contributed by atoms with van der Waals surface area (Å²) in [5.74, 6) is 0.708. The predicted molar refractivity (Wildman–Crippen MR) is 172 cm³/mol. The van der Waals surface area contributed by atoms with Crippen LogP contribution in [-0.2, 0) is 11.3 Å². The molecule has 0 atom stereocenters. The second-order valence-electron chi connectivity index (χ2n) is 10.4. The van der Waals surface area contributed by atoms with Gasteiger partial charge in [-0.2, -0.15) is 9.50 Å². The van der Waals surface area contributed by atoms with Crippen molar-refractivity contribution in [2.45, 2.75) is 6.54 Å². The Morgan fingerprint density at radius 2 is 1.98 bits per heavy atom. The van der Waals surface area contributed by atoms with Crippen LogP contribution in [0, 0.1) is 5.82 Å². The van der Waals surface area contributed by atoms with E-state index in [0.717, 1.165) is 11.3 Å². The van der Waals surface area contributed by atoms with Gasteiger partial charge < -0.3 is 30.0 Å². The summed E-state index contributed by atoms with van der Waals surface area (Å²) in [6, 6.07) is 8.18. The maximum Gasteiger partial charge on any atom is 0.309 e. The maximum atomic E-state index is 15.0. The Hall–Kier alpha value is -4.25. The van der Waals surface area contributed by atoms with E-state index in [1.165, 1.54) is 16.8 Å². The molecule has 17 heteroatoms. The topological polar surface area (TPSA) is 152 Å². The largest absolute Gasteiger partial charge is 0.484 e. The summed E-state index contributed by atoms with van der Waals surface area (Å²) >= 11 is 1.06. The third kappa shape index (κ3) is 6.73. The molecular weight excluding hydrogens is 627 g/mol. The van der Waals surface area contributed by atoms with E-state index in [-0.39, 0.29) is 35.7 Å². The number of ether oxygens (including phenoxy) is 1. The van der Waals surface area contributed by atoms with E-state index in [4.69, 9.17) is 14.9 Å². The number of aromatic nitrogens is 5. The monoisotopic (exact) mass is 660 g/mol. The number of halogens is 2. The highest BCUT2D eigenvalue weighted by Gasteiger charge is 2.23. The van der Waals surface area contributed by atoms with Crippen LogP contribution in [0.1, 0.15) is 0 Å². The van der Waals surface area contributed by atoms with Gasteiger partial charge in [-0.05, 0) is 31.3 Å². The van der Waals surface area contributed by atoms with Gasteiger partial charge in [0.15, 0.2) is 23.7 Å². The fraction of sp³-hybridized carbons (Fsp3) is 0.393. The second kappa shape index (κ2) is 13.8. The first-order valence-corrected chi connectivity index (χ1v) is 15.0. The molecular formula is C28H34ClFN10O4S. The molecule has 0 aliphatic carbocycles. The van der Waals surface area contributed by atoms with E-state index in [2.05, 4.69) is 25.3 Å². The van der Waals surface area contributed by atoms with Gasteiger partial charge in [0.05, 0.1) is 12.0 Å². The molecule has 1 aliphatic rings. The second-order valence-corrected chi connectivity index (χ2v) is 11.4. The lowest BCUT2D eigenvalue weighted by molar-refractivity contribution is -0.132. The quantitative estimate of drug-likeness (QED) is 0.213. The van der Waals surface area contributed by atoms with Gasteiger partial charge in [0, 0.05) is 65.5 Å². The van der Waals surface area contributed by atoms with Crippen molar-refractivity contribution in [2.75, 3.05) is 77.1 Å².